The first-order valence-electron chi connectivity index (χ1n) is 9.09. The largest absolute Gasteiger partial charge is 0.416 e. The van der Waals surface area contributed by atoms with Gasteiger partial charge in [-0.2, -0.15) is 13.2 Å². The molecule has 0 spiro atoms. The van der Waals surface area contributed by atoms with E-state index in [1.54, 1.807) is 17.9 Å². The normalized spacial score (nSPS) is 16.6. The van der Waals surface area contributed by atoms with E-state index in [9.17, 15) is 26.4 Å². The second kappa shape index (κ2) is 7.37. The highest BCUT2D eigenvalue weighted by molar-refractivity contribution is 7.92. The molecule has 9 heteroatoms. The van der Waals surface area contributed by atoms with Crippen molar-refractivity contribution in [2.75, 3.05) is 15.7 Å². The molecule has 1 aliphatic heterocycles. The summed E-state index contributed by atoms with van der Waals surface area (Å²) in [5, 5.41) is 0. The monoisotopic (exact) mass is 426 g/mol. The average molecular weight is 426 g/mol. The number of carbonyl (C=O) groups is 1. The van der Waals surface area contributed by atoms with Crippen molar-refractivity contribution < 1.29 is 26.4 Å². The van der Waals surface area contributed by atoms with Crippen molar-refractivity contribution in [1.29, 1.82) is 0 Å². The summed E-state index contributed by atoms with van der Waals surface area (Å²) in [5.74, 6) is -0.133. The van der Waals surface area contributed by atoms with E-state index in [1.165, 1.54) is 31.2 Å². The minimum atomic E-state index is -4.57. The fourth-order valence-corrected chi connectivity index (χ4v) is 5.22. The van der Waals surface area contributed by atoms with E-state index in [4.69, 9.17) is 0 Å². The van der Waals surface area contributed by atoms with Crippen LogP contribution in [0.3, 0.4) is 0 Å². The molecule has 1 amide bonds. The van der Waals surface area contributed by atoms with E-state index in [2.05, 4.69) is 0 Å². The van der Waals surface area contributed by atoms with Crippen LogP contribution in [0, 0.1) is 0 Å². The van der Waals surface area contributed by atoms with Crippen molar-refractivity contribution in [2.24, 2.45) is 0 Å². The Hall–Kier alpha value is -2.55. The molecule has 0 fully saturated rings. The van der Waals surface area contributed by atoms with Crippen LogP contribution >= 0.6 is 0 Å². The summed E-state index contributed by atoms with van der Waals surface area (Å²) in [6.45, 7) is 4.85. The molecule has 1 atom stereocenters. The lowest BCUT2D eigenvalue weighted by molar-refractivity contribution is -0.137. The van der Waals surface area contributed by atoms with Crippen LogP contribution in [0.15, 0.2) is 47.4 Å². The Kier molecular flexibility index (Phi) is 5.38. The molecular formula is C20H21F3N2O3S. The van der Waals surface area contributed by atoms with Gasteiger partial charge in [-0.25, -0.2) is 8.42 Å². The molecule has 0 aromatic heterocycles. The van der Waals surface area contributed by atoms with E-state index in [0.717, 1.165) is 16.4 Å². The highest BCUT2D eigenvalue weighted by Gasteiger charge is 2.34. The highest BCUT2D eigenvalue weighted by atomic mass is 32.2. The van der Waals surface area contributed by atoms with Gasteiger partial charge in [0.1, 0.15) is 0 Å². The van der Waals surface area contributed by atoms with E-state index in [-0.39, 0.29) is 29.1 Å². The van der Waals surface area contributed by atoms with Crippen LogP contribution in [0.25, 0.3) is 0 Å². The van der Waals surface area contributed by atoms with Crippen LogP contribution < -0.4 is 9.21 Å². The summed E-state index contributed by atoms with van der Waals surface area (Å²) in [4.78, 5) is 13.4. The number of hydrogen-bond acceptors (Lipinski definition) is 3. The van der Waals surface area contributed by atoms with Gasteiger partial charge in [0.15, 0.2) is 0 Å². The molecule has 5 nitrogen and oxygen atoms in total. The molecule has 0 aliphatic carbocycles. The van der Waals surface area contributed by atoms with E-state index in [0.29, 0.717) is 17.7 Å². The van der Waals surface area contributed by atoms with Gasteiger partial charge >= 0.3 is 6.18 Å². The maximum atomic E-state index is 13.2. The molecule has 1 aliphatic rings. The molecule has 3 rings (SSSR count). The zero-order valence-corrected chi connectivity index (χ0v) is 17.0. The summed E-state index contributed by atoms with van der Waals surface area (Å²) < 4.78 is 66.5. The topological polar surface area (TPSA) is 57.7 Å². The van der Waals surface area contributed by atoms with Gasteiger partial charge in [-0.05, 0) is 62.2 Å². The Labute approximate surface area is 167 Å². The molecule has 0 N–H and O–H groups in total. The number of hydrogen-bond donors (Lipinski definition) is 0. The third-order valence-electron chi connectivity index (χ3n) is 4.94. The molecule has 1 heterocycles. The van der Waals surface area contributed by atoms with E-state index < -0.39 is 21.8 Å². The van der Waals surface area contributed by atoms with E-state index in [1.807, 2.05) is 6.92 Å². The summed E-state index contributed by atoms with van der Waals surface area (Å²) >= 11 is 0. The molecule has 0 bridgehead atoms. The quantitative estimate of drug-likeness (QED) is 0.736. The number of nitrogens with zero attached hydrogens (tertiary/aromatic N) is 2. The number of benzene rings is 2. The summed E-state index contributed by atoms with van der Waals surface area (Å²) in [5.41, 5.74) is 0.407. The molecule has 0 saturated heterocycles. The van der Waals surface area contributed by atoms with Crippen LogP contribution in [0.1, 0.15) is 31.9 Å². The lowest BCUT2D eigenvalue weighted by Gasteiger charge is -2.24. The van der Waals surface area contributed by atoms with Gasteiger partial charge in [0.05, 0.1) is 16.1 Å². The molecule has 156 valence electrons. The van der Waals surface area contributed by atoms with Gasteiger partial charge in [0, 0.05) is 25.2 Å². The van der Waals surface area contributed by atoms with Crippen LogP contribution in [0.5, 0.6) is 0 Å². The van der Waals surface area contributed by atoms with Crippen LogP contribution in [-0.2, 0) is 27.4 Å². The first kappa shape index (κ1) is 21.2. The number of rotatable bonds is 4. The molecule has 2 aromatic carbocycles. The summed E-state index contributed by atoms with van der Waals surface area (Å²) in [7, 11) is -4.08. The number of halogens is 3. The van der Waals surface area contributed by atoms with Gasteiger partial charge in [-0.15, -0.1) is 0 Å². The van der Waals surface area contributed by atoms with Gasteiger partial charge in [0.25, 0.3) is 10.0 Å². The van der Waals surface area contributed by atoms with Crippen LogP contribution in [0.4, 0.5) is 24.5 Å². The molecule has 0 saturated carbocycles. The first-order valence-corrected chi connectivity index (χ1v) is 10.5. The second-order valence-corrected chi connectivity index (χ2v) is 8.81. The molecule has 1 unspecified atom stereocenters. The van der Waals surface area contributed by atoms with Gasteiger partial charge in [-0.1, -0.05) is 6.07 Å². The SMILES string of the molecule is CCN(c1cccc(C(F)(F)F)c1)S(=O)(=O)c1ccc2c(c1)CC(C)N2C(C)=O. The van der Waals surface area contributed by atoms with Crippen molar-refractivity contribution in [3.05, 3.63) is 53.6 Å². The third kappa shape index (κ3) is 3.83. The Morgan fingerprint density at radius 3 is 2.48 bits per heavy atom. The Morgan fingerprint density at radius 2 is 1.90 bits per heavy atom. The number of amides is 1. The average Bonchev–Trinajstić information content (AvgIpc) is 2.96. The van der Waals surface area contributed by atoms with Gasteiger partial charge in [-0.3, -0.25) is 9.10 Å². The van der Waals surface area contributed by atoms with Gasteiger partial charge in [0.2, 0.25) is 5.91 Å². The predicted octanol–water partition coefficient (Wildman–Crippen LogP) is 4.22. The summed E-state index contributed by atoms with van der Waals surface area (Å²) in [6, 6.07) is 8.62. The predicted molar refractivity (Wildman–Crippen MR) is 104 cm³/mol. The summed E-state index contributed by atoms with van der Waals surface area (Å²) in [6.07, 6.45) is -4.06. The molecule has 0 radical (unpaired) electrons. The van der Waals surface area contributed by atoms with Gasteiger partial charge < -0.3 is 4.90 Å². The Morgan fingerprint density at radius 1 is 1.21 bits per heavy atom. The standard InChI is InChI=1S/C20H21F3N2O3S/c1-4-24(17-7-5-6-16(12-17)20(21,22)23)29(27,28)18-8-9-19-15(11-18)10-13(2)25(19)14(3)26/h5-9,11-13H,4,10H2,1-3H3. The smallest absolute Gasteiger partial charge is 0.309 e. The minimum Gasteiger partial charge on any atom is -0.309 e. The molecular weight excluding hydrogens is 405 g/mol. The maximum absolute atomic E-state index is 13.2. The fraction of sp³-hybridized carbons (Fsp3) is 0.350. The van der Waals surface area contributed by atoms with Crippen molar-refractivity contribution in [3.8, 4) is 0 Å². The van der Waals surface area contributed by atoms with Crippen LogP contribution in [-0.4, -0.2) is 26.9 Å². The lowest BCUT2D eigenvalue weighted by atomic mass is 10.1. The second-order valence-electron chi connectivity index (χ2n) is 6.95. The maximum Gasteiger partial charge on any atom is 0.416 e. The van der Waals surface area contributed by atoms with Crippen molar-refractivity contribution in [1.82, 2.24) is 0 Å². The molecule has 29 heavy (non-hydrogen) atoms. The van der Waals surface area contributed by atoms with Crippen molar-refractivity contribution in [3.63, 3.8) is 0 Å². The molecule has 2 aromatic rings. The minimum absolute atomic E-state index is 0.0203. The first-order chi connectivity index (χ1) is 13.5. The number of alkyl halides is 3. The zero-order chi connectivity index (χ0) is 21.6. The third-order valence-corrected chi connectivity index (χ3v) is 6.84. The lowest BCUT2D eigenvalue weighted by Crippen LogP contribution is -2.33. The van der Waals surface area contributed by atoms with Crippen molar-refractivity contribution in [2.45, 2.75) is 44.3 Å². The number of sulfonamides is 1. The fourth-order valence-electron chi connectivity index (χ4n) is 3.70. The number of anilines is 2. The van der Waals surface area contributed by atoms with Crippen molar-refractivity contribution >= 4 is 27.3 Å². The Balaban J connectivity index is 2.03. The number of carbonyl (C=O) groups excluding carboxylic acids is 1. The van der Waals surface area contributed by atoms with Crippen LogP contribution in [0.2, 0.25) is 0 Å². The highest BCUT2D eigenvalue weighted by Crippen LogP contribution is 2.36. The van der Waals surface area contributed by atoms with E-state index >= 15 is 0 Å². The number of fused-ring (bicyclic) bond motifs is 1. The Bertz CT molecular complexity index is 1050. The zero-order valence-electron chi connectivity index (χ0n) is 16.2.